The zero-order valence-corrected chi connectivity index (χ0v) is 20.4. The van der Waals surface area contributed by atoms with Crippen molar-refractivity contribution in [1.82, 2.24) is 19.4 Å². The Balaban J connectivity index is 1.82. The van der Waals surface area contributed by atoms with Gasteiger partial charge in [0.1, 0.15) is 0 Å². The molecule has 0 unspecified atom stereocenters. The number of urea groups is 1. The monoisotopic (exact) mass is 468 g/mol. The molecule has 1 saturated heterocycles. The fourth-order valence-corrected chi connectivity index (χ4v) is 6.20. The Kier molecular flexibility index (Phi) is 7.28. The number of amides is 2. The molecule has 9 nitrogen and oxygen atoms in total. The number of anilines is 2. The summed E-state index contributed by atoms with van der Waals surface area (Å²) < 4.78 is 31.7. The van der Waals surface area contributed by atoms with Gasteiger partial charge in [-0.05, 0) is 44.8 Å². The van der Waals surface area contributed by atoms with Crippen LogP contribution in [0.2, 0.25) is 0 Å². The van der Waals surface area contributed by atoms with Crippen molar-refractivity contribution in [2.24, 2.45) is 7.05 Å². The molecule has 0 aliphatic carbocycles. The lowest BCUT2D eigenvalue weighted by Crippen LogP contribution is -2.54. The number of hydrogen-bond donors (Lipinski definition) is 2. The first-order valence-electron chi connectivity index (χ1n) is 10.5. The van der Waals surface area contributed by atoms with E-state index in [1.165, 1.54) is 10.5 Å². The van der Waals surface area contributed by atoms with Gasteiger partial charge in [0.05, 0.1) is 23.6 Å². The van der Waals surface area contributed by atoms with Gasteiger partial charge in [0.25, 0.3) is 0 Å². The molecule has 172 valence electrons. The predicted molar refractivity (Wildman–Crippen MR) is 125 cm³/mol. The van der Waals surface area contributed by atoms with E-state index in [2.05, 4.69) is 33.9 Å². The van der Waals surface area contributed by atoms with Crippen LogP contribution < -0.4 is 14.3 Å². The number of hydrogen-bond acceptors (Lipinski definition) is 6. The first kappa shape index (κ1) is 23.6. The van der Waals surface area contributed by atoms with Crippen molar-refractivity contribution in [3.63, 3.8) is 0 Å². The maximum atomic E-state index is 13.3. The van der Waals surface area contributed by atoms with Crippen molar-refractivity contribution < 1.29 is 13.2 Å². The van der Waals surface area contributed by atoms with E-state index in [1.54, 1.807) is 29.3 Å². The van der Waals surface area contributed by atoms with Gasteiger partial charge in [-0.1, -0.05) is 20.8 Å². The molecule has 0 aromatic carbocycles. The third-order valence-corrected chi connectivity index (χ3v) is 8.37. The molecule has 3 rings (SSSR count). The maximum Gasteiger partial charge on any atom is 0.334 e. The smallest absolute Gasteiger partial charge is 0.306 e. The van der Waals surface area contributed by atoms with Crippen molar-refractivity contribution in [3.05, 3.63) is 28.2 Å². The van der Waals surface area contributed by atoms with Crippen LogP contribution in [0.3, 0.4) is 0 Å². The summed E-state index contributed by atoms with van der Waals surface area (Å²) in [4.78, 5) is 17.0. The van der Waals surface area contributed by atoms with E-state index in [9.17, 15) is 13.2 Å². The largest absolute Gasteiger partial charge is 0.334 e. The molecular formula is C20H32N6O3S2. The van der Waals surface area contributed by atoms with Gasteiger partial charge in [0.2, 0.25) is 0 Å². The number of likely N-dealkylation sites (tertiary alicyclic amines) is 1. The quantitative estimate of drug-likeness (QED) is 0.650. The van der Waals surface area contributed by atoms with E-state index in [0.717, 1.165) is 29.1 Å². The average Bonchev–Trinajstić information content (AvgIpc) is 3.27. The predicted octanol–water partition coefficient (Wildman–Crippen LogP) is 3.13. The second-order valence-corrected chi connectivity index (χ2v) is 11.0. The number of likely N-dealkylation sites (N-methyl/N-ethyl adjacent to an activating group) is 1. The zero-order valence-electron chi connectivity index (χ0n) is 18.8. The molecule has 1 fully saturated rings. The molecule has 1 aliphatic heterocycles. The number of carbonyl (C=O) groups excluding carboxylic acids is 1. The van der Waals surface area contributed by atoms with Crippen LogP contribution in [-0.4, -0.2) is 55.3 Å². The number of aromatic nitrogens is 2. The molecule has 2 aromatic heterocycles. The van der Waals surface area contributed by atoms with Gasteiger partial charge in [0, 0.05) is 29.5 Å². The lowest BCUT2D eigenvalue weighted by molar-refractivity contribution is 0.251. The minimum atomic E-state index is -4.14. The van der Waals surface area contributed by atoms with Crippen LogP contribution in [0.25, 0.3) is 0 Å². The van der Waals surface area contributed by atoms with Gasteiger partial charge in [0.15, 0.2) is 0 Å². The standard InChI is InChI=1S/C20H32N6O3S2/c1-6-18-17(10-19(30-18)14(2)3)22-20(27)23-31(28,29)26(16-11-21-25(5)13-16)15-8-7-9-24(4)12-15/h10-11,13-15H,6-9,12H2,1-5H3,(H2,22,23,27)/t15-/m0/s1. The number of carbonyl (C=O) groups is 1. The van der Waals surface area contributed by atoms with E-state index >= 15 is 0 Å². The molecule has 1 aliphatic rings. The molecule has 2 N–H and O–H groups in total. The number of nitrogens with zero attached hydrogens (tertiary/aromatic N) is 4. The number of rotatable bonds is 7. The summed E-state index contributed by atoms with van der Waals surface area (Å²) in [7, 11) is -0.438. The molecule has 0 spiro atoms. The van der Waals surface area contributed by atoms with Gasteiger partial charge in [-0.25, -0.2) is 13.8 Å². The first-order chi connectivity index (χ1) is 14.6. The van der Waals surface area contributed by atoms with Gasteiger partial charge in [-0.15, -0.1) is 11.3 Å². The van der Waals surface area contributed by atoms with Crippen LogP contribution in [0.4, 0.5) is 16.2 Å². The fourth-order valence-electron chi connectivity index (χ4n) is 3.82. The highest BCUT2D eigenvalue weighted by molar-refractivity contribution is 7.91. The second kappa shape index (κ2) is 9.58. The second-order valence-electron chi connectivity index (χ2n) is 8.28. The lowest BCUT2D eigenvalue weighted by Gasteiger charge is -2.37. The van der Waals surface area contributed by atoms with E-state index < -0.39 is 16.2 Å². The molecule has 11 heteroatoms. The van der Waals surface area contributed by atoms with Gasteiger partial charge in [-0.3, -0.25) is 4.68 Å². The molecule has 1 atom stereocenters. The Morgan fingerprint density at radius 3 is 2.71 bits per heavy atom. The van der Waals surface area contributed by atoms with Crippen LogP contribution in [0.5, 0.6) is 0 Å². The first-order valence-corrected chi connectivity index (χ1v) is 12.8. The van der Waals surface area contributed by atoms with E-state index in [4.69, 9.17) is 0 Å². The Hall–Kier alpha value is -2.11. The average molecular weight is 469 g/mol. The minimum Gasteiger partial charge on any atom is -0.306 e. The molecule has 31 heavy (non-hydrogen) atoms. The third-order valence-electron chi connectivity index (χ3n) is 5.32. The van der Waals surface area contributed by atoms with Crippen LogP contribution in [0.1, 0.15) is 49.3 Å². The molecule has 0 saturated carbocycles. The molecule has 0 bridgehead atoms. The topological polar surface area (TPSA) is 99.6 Å². The Morgan fingerprint density at radius 2 is 2.13 bits per heavy atom. The van der Waals surface area contributed by atoms with E-state index in [1.807, 2.05) is 20.0 Å². The zero-order chi connectivity index (χ0) is 22.8. The van der Waals surface area contributed by atoms with E-state index in [-0.39, 0.29) is 6.04 Å². The molecule has 2 aromatic rings. The lowest BCUT2D eigenvalue weighted by atomic mass is 10.1. The summed E-state index contributed by atoms with van der Waals surface area (Å²) in [5.41, 5.74) is 1.10. The van der Waals surface area contributed by atoms with Crippen LogP contribution >= 0.6 is 11.3 Å². The normalized spacial score (nSPS) is 17.7. The summed E-state index contributed by atoms with van der Waals surface area (Å²) in [6, 6.07) is 0.879. The Morgan fingerprint density at radius 1 is 1.39 bits per heavy atom. The number of thiophene rings is 1. The summed E-state index contributed by atoms with van der Waals surface area (Å²) >= 11 is 1.64. The highest BCUT2D eigenvalue weighted by Crippen LogP contribution is 2.32. The van der Waals surface area contributed by atoms with Crippen molar-refractivity contribution in [1.29, 1.82) is 0 Å². The summed E-state index contributed by atoms with van der Waals surface area (Å²) in [6.07, 6.45) is 5.51. The van der Waals surface area contributed by atoms with E-state index in [0.29, 0.717) is 30.3 Å². The summed E-state index contributed by atoms with van der Waals surface area (Å²) in [5.74, 6) is 0.335. The fraction of sp³-hybridized carbons (Fsp3) is 0.600. The molecular weight excluding hydrogens is 436 g/mol. The van der Waals surface area contributed by atoms with Crippen LogP contribution in [0, 0.1) is 0 Å². The summed E-state index contributed by atoms with van der Waals surface area (Å²) in [5, 5.41) is 6.86. The molecule has 3 heterocycles. The number of aryl methyl sites for hydroxylation is 2. The highest BCUT2D eigenvalue weighted by Gasteiger charge is 2.35. The van der Waals surface area contributed by atoms with Crippen LogP contribution in [0.15, 0.2) is 18.5 Å². The molecule has 0 radical (unpaired) electrons. The Bertz CT molecular complexity index is 1010. The highest BCUT2D eigenvalue weighted by atomic mass is 32.2. The number of piperidine rings is 1. The van der Waals surface area contributed by atoms with Crippen molar-refractivity contribution in [3.8, 4) is 0 Å². The van der Waals surface area contributed by atoms with Crippen molar-refractivity contribution in [2.45, 2.75) is 52.0 Å². The summed E-state index contributed by atoms with van der Waals surface area (Å²) in [6.45, 7) is 7.69. The van der Waals surface area contributed by atoms with Gasteiger partial charge >= 0.3 is 16.2 Å². The van der Waals surface area contributed by atoms with Gasteiger partial charge in [-0.2, -0.15) is 13.5 Å². The minimum absolute atomic E-state index is 0.284. The molecule has 2 amide bonds. The van der Waals surface area contributed by atoms with Crippen molar-refractivity contribution in [2.75, 3.05) is 29.8 Å². The Labute approximate surface area is 188 Å². The SMILES string of the molecule is CCc1sc(C(C)C)cc1NC(=O)NS(=O)(=O)N(c1cnn(C)c1)[C@H]1CCCN(C)C1. The third kappa shape index (κ3) is 5.58. The van der Waals surface area contributed by atoms with Crippen LogP contribution in [-0.2, 0) is 23.7 Å². The number of nitrogens with one attached hydrogen (secondary N) is 2. The van der Waals surface area contributed by atoms with Crippen molar-refractivity contribution >= 4 is 39.0 Å². The van der Waals surface area contributed by atoms with Gasteiger partial charge < -0.3 is 10.2 Å². The maximum absolute atomic E-state index is 13.3.